The first kappa shape index (κ1) is 128. The van der Waals surface area contributed by atoms with Crippen LogP contribution in [0.15, 0.2) is 6.20 Å². The Morgan fingerprint density at radius 2 is 0.569 bits per heavy atom. The highest BCUT2D eigenvalue weighted by atomic mass is 33.6. The Balaban J connectivity index is 0. The largest absolute Gasteiger partial charge is 0.383 e. The highest BCUT2D eigenvalue weighted by Crippen LogP contribution is 2.21. The lowest BCUT2D eigenvalue weighted by molar-refractivity contribution is -0.122. The van der Waals surface area contributed by atoms with Crippen LogP contribution in [0.3, 0.4) is 0 Å². The normalized spacial score (nSPS) is 10.9. The molecule has 109 heavy (non-hydrogen) atoms. The number of aromatic nitrogens is 3. The van der Waals surface area contributed by atoms with Crippen LogP contribution in [-0.2, 0) is 781 Å². The summed E-state index contributed by atoms with van der Waals surface area (Å²) in [6.07, 6.45) is 3.26. The summed E-state index contributed by atoms with van der Waals surface area (Å²) in [6, 6.07) is -0.0825. The zero-order valence-corrected chi connectivity index (χ0v) is 118. The predicted octanol–water partition coefficient (Wildman–Crippen LogP) is -0.439. The quantitative estimate of drug-likeness (QED) is 0.369. The summed E-state index contributed by atoms with van der Waals surface area (Å²) < 4.78 is 11.4. The van der Waals surface area contributed by atoms with Gasteiger partial charge in [0.25, 0.3) is 0 Å². The van der Waals surface area contributed by atoms with Crippen molar-refractivity contribution in [2.45, 2.75) is 44.3 Å². The van der Waals surface area contributed by atoms with Gasteiger partial charge in [-0.15, -0.1) is 5.10 Å². The van der Waals surface area contributed by atoms with Crippen LogP contribution in [0.1, 0.15) is 37.9 Å². The number of nitrogens with two attached hydrogens (primary N) is 1. The van der Waals surface area contributed by atoms with E-state index in [1.165, 1.54) is 42.4 Å². The minimum atomic E-state index is -0.132. The number of aryl methyl sites for hydroxylation is 1. The molecule has 2 rings (SSSR count). The maximum absolute atomic E-state index is 11.6. The topological polar surface area (TPSA) is 121 Å². The van der Waals surface area contributed by atoms with Crippen molar-refractivity contribution in [3.63, 3.8) is 0 Å². The molecule has 1 aliphatic heterocycles. The highest BCUT2D eigenvalue weighted by Gasteiger charge is 2.29. The van der Waals surface area contributed by atoms with E-state index in [0.29, 0.717) is 32.5 Å². The van der Waals surface area contributed by atoms with Gasteiger partial charge < -0.3 is 20.5 Å². The van der Waals surface area contributed by atoms with E-state index in [4.69, 9.17) is 60.0 Å². The number of piperidine rings is 1. The smallest absolute Gasteiger partial charge is 0.136 e. The van der Waals surface area contributed by atoms with Gasteiger partial charge in [0.2, 0.25) is 0 Å². The van der Waals surface area contributed by atoms with Crippen LogP contribution in [0, 0.1) is 0 Å². The van der Waals surface area contributed by atoms with Crippen LogP contribution in [0.4, 0.5) is 0 Å². The number of hydrogen-bond donors (Lipinski definition) is 2. The van der Waals surface area contributed by atoms with Gasteiger partial charge in [-0.1, -0.05) is 5.21 Å². The molecule has 0 bridgehead atoms. The third kappa shape index (κ3) is 112. The first-order chi connectivity index (χ1) is 53.7. The summed E-state index contributed by atoms with van der Waals surface area (Å²) >= 11 is 19.2. The Bertz CT molecular complexity index is 6990. The number of nitrogens with one attached hydrogen (secondary N) is 1. The second-order valence-corrected chi connectivity index (χ2v) is 153. The zero-order valence-electron chi connectivity index (χ0n) is 49.7. The molecule has 1 aliphatic rings. The van der Waals surface area contributed by atoms with Gasteiger partial charge in [-0.25, -0.2) is 0 Å². The van der Waals surface area contributed by atoms with E-state index >= 15 is 0 Å². The zero-order chi connectivity index (χ0) is 79.4. The van der Waals surface area contributed by atoms with Gasteiger partial charge in [-0.05, 0) is 6.92 Å². The van der Waals surface area contributed by atoms with Crippen molar-refractivity contribution in [2.24, 2.45) is 12.8 Å². The van der Waals surface area contributed by atoms with Crippen molar-refractivity contribution >= 4 is 767 Å². The summed E-state index contributed by atoms with van der Waals surface area (Å²) in [4.78, 5) is 22.0. The molecule has 2 heterocycles. The molecule has 1 saturated heterocycles. The van der Waals surface area contributed by atoms with Crippen LogP contribution < -0.4 is 11.1 Å². The fraction of sp³-hybridized carbons (Fsp3) is 0.750. The molecule has 0 aromatic carbocycles. The summed E-state index contributed by atoms with van der Waals surface area (Å²) in [7, 11) is 147. The molecule has 0 radical (unpaired) electrons. The van der Waals surface area contributed by atoms with Crippen LogP contribution in [0.25, 0.3) is 0 Å². The average Bonchev–Trinajstić information content (AvgIpc) is 1.77. The molecule has 0 spiro atoms. The van der Waals surface area contributed by atoms with E-state index in [0.717, 1.165) is 5.69 Å². The van der Waals surface area contributed by atoms with Gasteiger partial charge in [0, 0.05) is 814 Å². The van der Waals surface area contributed by atoms with E-state index in [1.54, 1.807) is 232 Å². The molecule has 93 heteroatoms. The van der Waals surface area contributed by atoms with Gasteiger partial charge >= 0.3 is 0 Å². The lowest BCUT2D eigenvalue weighted by atomic mass is 9.96. The molecule has 1 aromatic rings. The van der Waals surface area contributed by atoms with Gasteiger partial charge in [0.15, 0.2) is 0 Å². The number of hydrogen-bond acceptors (Lipinski definition) is 12. The Kier molecular flexibility index (Phi) is 135. The lowest BCUT2D eigenvalue weighted by Crippen LogP contribution is -2.43. The molecule has 1 aromatic heterocycles. The Morgan fingerprint density at radius 1 is 0.376 bits per heavy atom. The standard InChI is InChI=1S/C10H16N4O2.C6H13NO2.S44.S40/c1-14-5-10(12-13-14)9-4-8(15)3-7(11-9)6-16-2;1-5(8)3-6(7)4-9-2;1-3-5-7-9-11-13-15-17-19-21-23-25-27-29-31-33-35-37-39-41-43-44-42-40-38-36-34-32-30-28-26-24-22-20-18-16-14-12-10-8-6-4-2;1-3-5-7-9-11-13-15-17-19-21-23-25-27-29-31-33-35-37-39-40-38-36-34-32-30-28-26-24-22-20-18-16-14-12-10-8-6-4-2/h5,7,9,11H,3-4,6H2,1-2H3;6H,3-4,7H2,1-2H3;;. The third-order valence-corrected chi connectivity index (χ3v) is 179. The third-order valence-electron chi connectivity index (χ3n) is 5.79. The van der Waals surface area contributed by atoms with Crippen molar-refractivity contribution in [3.8, 4) is 0 Å². The highest BCUT2D eigenvalue weighted by molar-refractivity contribution is 8.85. The monoisotopic (exact) mass is 3040 g/mol. The number of Topliss-reactive ketones (excluding diaryl/α,β-unsaturated/α-hetero) is 2. The van der Waals surface area contributed by atoms with E-state index in [2.05, 4.69) is 15.6 Å². The summed E-state index contributed by atoms with van der Waals surface area (Å²) in [5.41, 5.74) is 6.26. The molecular formula is C16H29N5O4S84. The average molecular weight is 3050 g/mol. The molecular weight excluding hydrogens is 3020 g/mol. The van der Waals surface area contributed by atoms with Crippen molar-refractivity contribution < 1.29 is 19.1 Å². The molecule has 0 saturated carbocycles. The number of rotatable bonds is 7. The molecule has 646 valence electrons. The summed E-state index contributed by atoms with van der Waals surface area (Å²) in [5, 5.41) is 11.3. The minimum Gasteiger partial charge on any atom is -0.383 e. The molecule has 3 unspecified atom stereocenters. The molecule has 9 nitrogen and oxygen atoms in total. The Labute approximate surface area is 878 Å². The van der Waals surface area contributed by atoms with Gasteiger partial charge in [0.05, 0.1) is 19.3 Å². The molecule has 3 atom stereocenters. The van der Waals surface area contributed by atoms with E-state index in [-0.39, 0.29) is 29.7 Å². The number of carbonyl (C=O) groups is 2. The van der Waals surface area contributed by atoms with Crippen LogP contribution in [0.5, 0.6) is 0 Å². The minimum absolute atomic E-state index is 0.0323. The van der Waals surface area contributed by atoms with Crippen LogP contribution in [0.2, 0.25) is 0 Å². The molecule has 3 N–H and O–H groups in total. The Hall–Kier alpha value is 16.8. The molecule has 0 aliphatic carbocycles. The lowest BCUT2D eigenvalue weighted by Gasteiger charge is -2.28. The fourth-order valence-corrected chi connectivity index (χ4v) is 212. The molecule has 1 fully saturated rings. The number of methoxy groups -OCH3 is 2. The summed E-state index contributed by atoms with van der Waals surface area (Å²) in [5.74, 6) is 0.357. The number of nitrogens with zero attached hydrogens (tertiary/aromatic N) is 3. The van der Waals surface area contributed by atoms with E-state index in [9.17, 15) is 9.59 Å². The number of ether oxygens (including phenoxy) is 2. The predicted molar refractivity (Wildman–Crippen MR) is 711 cm³/mol. The van der Waals surface area contributed by atoms with E-state index in [1.807, 2.05) is 475 Å². The first-order valence-corrected chi connectivity index (χ1v) is 131. The van der Waals surface area contributed by atoms with E-state index < -0.39 is 0 Å². The second kappa shape index (κ2) is 115. The maximum Gasteiger partial charge on any atom is 0.136 e. The Morgan fingerprint density at radius 3 is 0.716 bits per heavy atom. The van der Waals surface area contributed by atoms with Gasteiger partial charge in [-0.3, -0.25) is 14.3 Å². The maximum atomic E-state index is 11.6. The van der Waals surface area contributed by atoms with Crippen LogP contribution in [-0.4, -0.2) is 66.1 Å². The van der Waals surface area contributed by atoms with Crippen LogP contribution >= 0.6 is 0 Å². The van der Waals surface area contributed by atoms with Crippen molar-refractivity contribution in [1.29, 1.82) is 0 Å². The van der Waals surface area contributed by atoms with Crippen molar-refractivity contribution in [2.75, 3.05) is 27.4 Å². The fourth-order valence-electron chi connectivity index (χ4n) is 3.52. The number of ketones is 2. The number of carbonyl (C=O) groups excluding carboxylic acids is 2. The SMILES string of the molecule is COCC(N)CC(C)=O.COCC1CC(=O)CC(c2cn(C)nn2)N1.S=S=S=S=S=S=S=S=S=S=S=S=S=S=S=S=S=S=S=S=S=S=S=S=S=S=S=S=S=S=S=S=S=S=S=S=S=S=S=S.S=S=S=S=S=S=S=S=S=S=S=S=S=S=S=S=S=S=S=S=S=S=S=S=S=S=S=S=S=S=S=S=S=S=S=S=S=S=S=S=S=S=S=S. The van der Waals surface area contributed by atoms with Gasteiger partial charge in [-0.2, -0.15) is 0 Å². The van der Waals surface area contributed by atoms with Crippen molar-refractivity contribution in [3.05, 3.63) is 11.9 Å². The van der Waals surface area contributed by atoms with Gasteiger partial charge in [0.1, 0.15) is 17.3 Å². The first-order valence-electron chi connectivity index (χ1n) is 21.9. The summed E-state index contributed by atoms with van der Waals surface area (Å²) in [6.45, 7) is 2.53. The molecule has 0 amide bonds. The second-order valence-electron chi connectivity index (χ2n) is 11.7. The van der Waals surface area contributed by atoms with Crippen molar-refractivity contribution in [1.82, 2.24) is 20.3 Å².